The Morgan fingerprint density at radius 2 is 2.06 bits per heavy atom. The lowest BCUT2D eigenvalue weighted by molar-refractivity contribution is -0.150. The fourth-order valence-electron chi connectivity index (χ4n) is 2.39. The molecule has 0 amide bonds. The Bertz CT molecular complexity index is 375. The van der Waals surface area contributed by atoms with Gasteiger partial charge in [0.15, 0.2) is 0 Å². The predicted octanol–water partition coefficient (Wildman–Crippen LogP) is 2.94. The molecule has 0 aromatic heterocycles. The van der Waals surface area contributed by atoms with Gasteiger partial charge in [-0.15, -0.1) is 0 Å². The summed E-state index contributed by atoms with van der Waals surface area (Å²) in [6.45, 7) is 3.08. The molecule has 1 aliphatic carbocycles. The number of benzene rings is 1. The standard InChI is InChI=1S/C15H20O3/c1-2-17-14-9-8-13(10-14)15(16)18-11-12-6-4-3-5-7-12/h3-7,13-14H,2,8-11H2,1H3. The molecule has 0 saturated heterocycles. The van der Waals surface area contributed by atoms with E-state index in [1.54, 1.807) is 0 Å². The lowest BCUT2D eigenvalue weighted by atomic mass is 10.1. The summed E-state index contributed by atoms with van der Waals surface area (Å²) >= 11 is 0. The Morgan fingerprint density at radius 3 is 2.78 bits per heavy atom. The number of hydrogen-bond acceptors (Lipinski definition) is 3. The van der Waals surface area contributed by atoms with E-state index < -0.39 is 0 Å². The monoisotopic (exact) mass is 248 g/mol. The second-order valence-corrected chi connectivity index (χ2v) is 4.68. The number of carbonyl (C=O) groups excluding carboxylic acids is 1. The molecule has 98 valence electrons. The minimum Gasteiger partial charge on any atom is -0.461 e. The highest BCUT2D eigenvalue weighted by molar-refractivity contribution is 5.72. The predicted molar refractivity (Wildman–Crippen MR) is 69.0 cm³/mol. The van der Waals surface area contributed by atoms with Gasteiger partial charge in [-0.2, -0.15) is 0 Å². The van der Waals surface area contributed by atoms with Crippen LogP contribution in [-0.2, 0) is 20.9 Å². The van der Waals surface area contributed by atoms with E-state index in [1.165, 1.54) is 0 Å². The van der Waals surface area contributed by atoms with Crippen LogP contribution < -0.4 is 0 Å². The maximum Gasteiger partial charge on any atom is 0.309 e. The van der Waals surface area contributed by atoms with Gasteiger partial charge < -0.3 is 9.47 Å². The molecule has 3 heteroatoms. The van der Waals surface area contributed by atoms with Crippen molar-refractivity contribution in [2.24, 2.45) is 5.92 Å². The van der Waals surface area contributed by atoms with Gasteiger partial charge in [0.25, 0.3) is 0 Å². The first-order chi connectivity index (χ1) is 8.79. The molecule has 0 N–H and O–H groups in total. The SMILES string of the molecule is CCOC1CCC(C(=O)OCc2ccccc2)C1. The lowest BCUT2D eigenvalue weighted by Gasteiger charge is -2.11. The van der Waals surface area contributed by atoms with Crippen LogP contribution in [0, 0.1) is 5.92 Å². The van der Waals surface area contributed by atoms with E-state index in [2.05, 4.69) is 0 Å². The zero-order valence-electron chi connectivity index (χ0n) is 10.8. The molecule has 3 nitrogen and oxygen atoms in total. The molecule has 2 atom stereocenters. The van der Waals surface area contributed by atoms with Crippen molar-refractivity contribution >= 4 is 5.97 Å². The highest BCUT2D eigenvalue weighted by Gasteiger charge is 2.31. The summed E-state index contributed by atoms with van der Waals surface area (Å²) in [4.78, 5) is 11.9. The van der Waals surface area contributed by atoms with Crippen molar-refractivity contribution < 1.29 is 14.3 Å². The molecule has 1 saturated carbocycles. The van der Waals surface area contributed by atoms with Gasteiger partial charge in [-0.1, -0.05) is 30.3 Å². The van der Waals surface area contributed by atoms with E-state index in [0.29, 0.717) is 6.61 Å². The molecule has 0 heterocycles. The number of ether oxygens (including phenoxy) is 2. The highest BCUT2D eigenvalue weighted by atomic mass is 16.5. The summed E-state index contributed by atoms with van der Waals surface area (Å²) in [5.74, 6) is -0.0636. The van der Waals surface area contributed by atoms with Crippen LogP contribution in [0.25, 0.3) is 0 Å². The Balaban J connectivity index is 1.76. The lowest BCUT2D eigenvalue weighted by Crippen LogP contribution is -2.16. The van der Waals surface area contributed by atoms with E-state index in [4.69, 9.17) is 9.47 Å². The second kappa shape index (κ2) is 6.55. The molecule has 1 aliphatic rings. The first-order valence-corrected chi connectivity index (χ1v) is 6.61. The molecule has 1 aromatic carbocycles. The molecule has 0 radical (unpaired) electrons. The summed E-state index contributed by atoms with van der Waals surface area (Å²) in [5, 5.41) is 0. The normalized spacial score (nSPS) is 22.9. The Labute approximate surface area is 108 Å². The van der Waals surface area contributed by atoms with Gasteiger partial charge >= 0.3 is 5.97 Å². The van der Waals surface area contributed by atoms with E-state index in [9.17, 15) is 4.79 Å². The Kier molecular flexibility index (Phi) is 4.76. The van der Waals surface area contributed by atoms with Gasteiger partial charge in [0.05, 0.1) is 12.0 Å². The van der Waals surface area contributed by atoms with Crippen LogP contribution in [0.4, 0.5) is 0 Å². The first kappa shape index (κ1) is 13.1. The number of carbonyl (C=O) groups is 1. The van der Waals surface area contributed by atoms with Gasteiger partial charge in [0, 0.05) is 6.61 Å². The summed E-state index contributed by atoms with van der Waals surface area (Å²) in [5.41, 5.74) is 1.03. The van der Waals surface area contributed by atoms with Gasteiger partial charge in [-0.25, -0.2) is 0 Å². The van der Waals surface area contributed by atoms with Crippen LogP contribution in [0.2, 0.25) is 0 Å². The molecule has 2 unspecified atom stereocenters. The summed E-state index contributed by atoms with van der Waals surface area (Å²) in [6, 6.07) is 9.78. The number of hydrogen-bond donors (Lipinski definition) is 0. The van der Waals surface area contributed by atoms with Crippen LogP contribution in [0.1, 0.15) is 31.7 Å². The van der Waals surface area contributed by atoms with E-state index in [1.807, 2.05) is 37.3 Å². The van der Waals surface area contributed by atoms with Crippen molar-refractivity contribution in [3.05, 3.63) is 35.9 Å². The third kappa shape index (κ3) is 3.57. The molecule has 0 spiro atoms. The summed E-state index contributed by atoms with van der Waals surface area (Å²) in [7, 11) is 0. The molecular weight excluding hydrogens is 228 g/mol. The minimum atomic E-state index is -0.0824. The zero-order valence-corrected chi connectivity index (χ0v) is 10.8. The molecule has 18 heavy (non-hydrogen) atoms. The van der Waals surface area contributed by atoms with Gasteiger partial charge in [0.1, 0.15) is 6.61 Å². The molecule has 0 aliphatic heterocycles. The first-order valence-electron chi connectivity index (χ1n) is 6.61. The highest BCUT2D eigenvalue weighted by Crippen LogP contribution is 2.29. The van der Waals surface area contributed by atoms with Crippen molar-refractivity contribution in [3.63, 3.8) is 0 Å². The molecule has 1 fully saturated rings. The van der Waals surface area contributed by atoms with Crippen LogP contribution in [0.5, 0.6) is 0 Å². The van der Waals surface area contributed by atoms with Gasteiger partial charge in [0.2, 0.25) is 0 Å². The molecule has 2 rings (SSSR count). The topological polar surface area (TPSA) is 35.5 Å². The van der Waals surface area contributed by atoms with Crippen molar-refractivity contribution in [3.8, 4) is 0 Å². The number of esters is 1. The summed E-state index contributed by atoms with van der Waals surface area (Å²) in [6.07, 6.45) is 2.91. The van der Waals surface area contributed by atoms with Crippen molar-refractivity contribution in [1.82, 2.24) is 0 Å². The molecule has 1 aromatic rings. The van der Waals surface area contributed by atoms with Crippen LogP contribution >= 0.6 is 0 Å². The van der Waals surface area contributed by atoms with Crippen molar-refractivity contribution in [1.29, 1.82) is 0 Å². The zero-order chi connectivity index (χ0) is 12.8. The maximum atomic E-state index is 11.9. The fourth-order valence-corrected chi connectivity index (χ4v) is 2.39. The third-order valence-corrected chi connectivity index (χ3v) is 3.34. The quantitative estimate of drug-likeness (QED) is 0.752. The molecular formula is C15H20O3. The van der Waals surface area contributed by atoms with Gasteiger partial charge in [-0.3, -0.25) is 4.79 Å². The number of rotatable bonds is 5. The largest absolute Gasteiger partial charge is 0.461 e. The molecule has 0 bridgehead atoms. The smallest absolute Gasteiger partial charge is 0.309 e. The average molecular weight is 248 g/mol. The van der Waals surface area contributed by atoms with E-state index >= 15 is 0 Å². The Hall–Kier alpha value is -1.35. The van der Waals surface area contributed by atoms with Crippen molar-refractivity contribution in [2.45, 2.75) is 38.9 Å². The van der Waals surface area contributed by atoms with Crippen LogP contribution in [0.3, 0.4) is 0 Å². The van der Waals surface area contributed by atoms with Gasteiger partial charge in [-0.05, 0) is 31.7 Å². The van der Waals surface area contributed by atoms with Crippen LogP contribution in [-0.4, -0.2) is 18.7 Å². The fraction of sp³-hybridized carbons (Fsp3) is 0.533. The minimum absolute atomic E-state index is 0.0188. The van der Waals surface area contributed by atoms with Crippen molar-refractivity contribution in [2.75, 3.05) is 6.61 Å². The third-order valence-electron chi connectivity index (χ3n) is 3.34. The van der Waals surface area contributed by atoms with E-state index in [0.717, 1.165) is 31.4 Å². The summed E-state index contributed by atoms with van der Waals surface area (Å²) < 4.78 is 10.9. The van der Waals surface area contributed by atoms with E-state index in [-0.39, 0.29) is 18.0 Å². The Morgan fingerprint density at radius 1 is 1.28 bits per heavy atom. The maximum absolute atomic E-state index is 11.9. The second-order valence-electron chi connectivity index (χ2n) is 4.68. The van der Waals surface area contributed by atoms with Crippen LogP contribution in [0.15, 0.2) is 30.3 Å². The average Bonchev–Trinajstić information content (AvgIpc) is 2.86.